The first-order chi connectivity index (χ1) is 9.95. The van der Waals surface area contributed by atoms with Crippen LogP contribution in [0.1, 0.15) is 61.3 Å². The van der Waals surface area contributed by atoms with Crippen molar-refractivity contribution in [2.75, 3.05) is 13.2 Å². The van der Waals surface area contributed by atoms with Gasteiger partial charge in [-0.15, -0.1) is 0 Å². The average Bonchev–Trinajstić information content (AvgIpc) is 2.31. The van der Waals surface area contributed by atoms with Gasteiger partial charge in [-0.1, -0.05) is 25.6 Å². The van der Waals surface area contributed by atoms with E-state index in [1.165, 1.54) is 0 Å². The lowest BCUT2D eigenvalue weighted by Crippen LogP contribution is -2.39. The molecule has 0 aromatic heterocycles. The van der Waals surface area contributed by atoms with Gasteiger partial charge in [0.15, 0.2) is 0 Å². The lowest BCUT2D eigenvalue weighted by Gasteiger charge is -2.30. The van der Waals surface area contributed by atoms with Crippen LogP contribution in [-0.2, 0) is 9.57 Å². The van der Waals surface area contributed by atoms with Gasteiger partial charge in [-0.05, 0) is 41.0 Å². The summed E-state index contributed by atoms with van der Waals surface area (Å²) in [6.07, 6.45) is 1.67. The highest BCUT2D eigenvalue weighted by Gasteiger charge is 2.22. The van der Waals surface area contributed by atoms with Crippen molar-refractivity contribution < 1.29 is 9.57 Å². The molecule has 22 heavy (non-hydrogen) atoms. The smallest absolute Gasteiger partial charge is 0.141 e. The van der Waals surface area contributed by atoms with Gasteiger partial charge in [-0.2, -0.15) is 0 Å². The van der Waals surface area contributed by atoms with E-state index in [1.54, 1.807) is 0 Å². The predicted molar refractivity (Wildman–Crippen MR) is 93.7 cm³/mol. The van der Waals surface area contributed by atoms with Crippen LogP contribution in [0.15, 0.2) is 17.4 Å². The van der Waals surface area contributed by atoms with Gasteiger partial charge >= 0.3 is 0 Å². The minimum atomic E-state index is -0.249. The molecule has 0 heterocycles. The molecule has 0 aromatic rings. The molecule has 0 unspecified atom stereocenters. The van der Waals surface area contributed by atoms with Gasteiger partial charge < -0.3 is 20.6 Å². The fourth-order valence-electron chi connectivity index (χ4n) is 1.81. The van der Waals surface area contributed by atoms with Crippen LogP contribution < -0.4 is 11.1 Å². The third kappa shape index (κ3) is 10.5. The topological polar surface area (TPSA) is 68.9 Å². The number of rotatable bonds is 11. The minimum absolute atomic E-state index is 0.0194. The highest BCUT2D eigenvalue weighted by Crippen LogP contribution is 2.18. The number of hydrogen-bond donors (Lipinski definition) is 2. The summed E-state index contributed by atoms with van der Waals surface area (Å²) < 4.78 is 5.97. The highest BCUT2D eigenvalue weighted by atomic mass is 16.6. The molecule has 5 heteroatoms. The number of nitrogens with one attached hydrogen (secondary N) is 1. The fourth-order valence-corrected chi connectivity index (χ4v) is 1.81. The number of hydrogen-bond acceptors (Lipinski definition) is 4. The third-order valence-corrected chi connectivity index (χ3v) is 3.33. The van der Waals surface area contributed by atoms with Crippen LogP contribution in [0, 0.1) is 5.92 Å². The molecule has 0 aliphatic carbocycles. The maximum absolute atomic E-state index is 5.97. The average molecular weight is 313 g/mol. The normalized spacial score (nSPS) is 13.4. The quantitative estimate of drug-likeness (QED) is 0.265. The Bertz CT molecular complexity index is 374. The Hall–Kier alpha value is -1.23. The van der Waals surface area contributed by atoms with Crippen LogP contribution in [0.2, 0.25) is 0 Å². The van der Waals surface area contributed by atoms with Crippen molar-refractivity contribution in [1.29, 1.82) is 0 Å². The molecule has 0 radical (unpaired) electrons. The standard InChI is InChI=1S/C17H35N3O2/c1-13(2)15(18)20-22-12-10-17(7,8)21-11-9-16(5,6)19-14(3)4/h13,19H,3,9-12H2,1-2,4-8H3,(H2,18,20). The highest BCUT2D eigenvalue weighted by molar-refractivity contribution is 5.81. The summed E-state index contributed by atoms with van der Waals surface area (Å²) in [6.45, 7) is 19.4. The van der Waals surface area contributed by atoms with E-state index in [0.717, 1.165) is 18.5 Å². The Morgan fingerprint density at radius 1 is 1.18 bits per heavy atom. The summed E-state index contributed by atoms with van der Waals surface area (Å²) >= 11 is 0. The van der Waals surface area contributed by atoms with Crippen molar-refractivity contribution in [3.05, 3.63) is 12.3 Å². The Balaban J connectivity index is 4.05. The largest absolute Gasteiger partial charge is 0.394 e. The van der Waals surface area contributed by atoms with Gasteiger partial charge in [0.05, 0.1) is 5.60 Å². The van der Waals surface area contributed by atoms with Crippen LogP contribution in [0.5, 0.6) is 0 Å². The number of allylic oxidation sites excluding steroid dienone is 1. The Kier molecular flexibility index (Phi) is 8.53. The van der Waals surface area contributed by atoms with Crippen molar-refractivity contribution in [2.24, 2.45) is 16.8 Å². The molecule has 0 amide bonds. The maximum atomic E-state index is 5.97. The molecular weight excluding hydrogens is 278 g/mol. The molecule has 130 valence electrons. The third-order valence-electron chi connectivity index (χ3n) is 3.33. The number of nitrogens with zero attached hydrogens (tertiary/aromatic N) is 1. The molecule has 0 aromatic carbocycles. The minimum Gasteiger partial charge on any atom is -0.394 e. The SMILES string of the molecule is C=C(C)NC(C)(C)CCOC(C)(C)CCO/N=C(\N)C(C)C. The molecule has 0 fully saturated rings. The molecule has 0 bridgehead atoms. The molecule has 0 atom stereocenters. The fraction of sp³-hybridized carbons (Fsp3) is 0.824. The van der Waals surface area contributed by atoms with Crippen molar-refractivity contribution in [3.8, 4) is 0 Å². The second-order valence-electron chi connectivity index (χ2n) is 7.40. The number of nitrogens with two attached hydrogens (primary N) is 1. The molecular formula is C17H35N3O2. The summed E-state index contributed by atoms with van der Waals surface area (Å²) in [5.41, 5.74) is 6.42. The Morgan fingerprint density at radius 2 is 1.77 bits per heavy atom. The van der Waals surface area contributed by atoms with Crippen LogP contribution in [0.3, 0.4) is 0 Å². The van der Waals surface area contributed by atoms with E-state index < -0.39 is 0 Å². The Labute approximate surface area is 136 Å². The van der Waals surface area contributed by atoms with Crippen molar-refractivity contribution in [2.45, 2.75) is 72.4 Å². The van der Waals surface area contributed by atoms with E-state index in [4.69, 9.17) is 15.3 Å². The predicted octanol–water partition coefficient (Wildman–Crippen LogP) is 3.41. The van der Waals surface area contributed by atoms with Crippen molar-refractivity contribution in [1.82, 2.24) is 5.32 Å². The number of amidine groups is 1. The lowest BCUT2D eigenvalue weighted by atomic mass is 10.0. The van der Waals surface area contributed by atoms with E-state index in [0.29, 0.717) is 19.0 Å². The molecule has 0 saturated carbocycles. The van der Waals surface area contributed by atoms with Gasteiger partial charge in [-0.3, -0.25) is 0 Å². The van der Waals surface area contributed by atoms with Gasteiger partial charge in [0.2, 0.25) is 0 Å². The molecule has 0 aliphatic heterocycles. The van der Waals surface area contributed by atoms with Crippen molar-refractivity contribution >= 4 is 5.84 Å². The lowest BCUT2D eigenvalue weighted by molar-refractivity contribution is -0.0460. The number of ether oxygens (including phenoxy) is 1. The van der Waals surface area contributed by atoms with E-state index in [9.17, 15) is 0 Å². The van der Waals surface area contributed by atoms with Crippen LogP contribution >= 0.6 is 0 Å². The van der Waals surface area contributed by atoms with Gasteiger partial charge in [0.1, 0.15) is 12.4 Å². The van der Waals surface area contributed by atoms with Crippen LogP contribution in [0.4, 0.5) is 0 Å². The van der Waals surface area contributed by atoms with Gasteiger partial charge in [0, 0.05) is 30.2 Å². The van der Waals surface area contributed by atoms with Crippen LogP contribution in [-0.4, -0.2) is 30.2 Å². The van der Waals surface area contributed by atoms with E-state index >= 15 is 0 Å². The van der Waals surface area contributed by atoms with E-state index in [-0.39, 0.29) is 17.1 Å². The number of oxime groups is 1. The zero-order valence-electron chi connectivity index (χ0n) is 15.5. The molecule has 0 saturated heterocycles. The summed E-state index contributed by atoms with van der Waals surface area (Å²) in [6, 6.07) is 0. The summed E-state index contributed by atoms with van der Waals surface area (Å²) in [5, 5.41) is 7.25. The summed E-state index contributed by atoms with van der Waals surface area (Å²) in [5.74, 6) is 0.721. The van der Waals surface area contributed by atoms with E-state index in [2.05, 4.69) is 44.7 Å². The molecule has 5 nitrogen and oxygen atoms in total. The van der Waals surface area contributed by atoms with Crippen LogP contribution in [0.25, 0.3) is 0 Å². The molecule has 3 N–H and O–H groups in total. The summed E-state index contributed by atoms with van der Waals surface area (Å²) in [7, 11) is 0. The zero-order chi connectivity index (χ0) is 17.4. The van der Waals surface area contributed by atoms with E-state index in [1.807, 2.05) is 20.8 Å². The zero-order valence-corrected chi connectivity index (χ0v) is 15.5. The second kappa shape index (κ2) is 9.03. The monoisotopic (exact) mass is 313 g/mol. The Morgan fingerprint density at radius 3 is 2.27 bits per heavy atom. The first-order valence-corrected chi connectivity index (χ1v) is 7.98. The molecule has 0 spiro atoms. The first kappa shape index (κ1) is 20.8. The first-order valence-electron chi connectivity index (χ1n) is 7.98. The van der Waals surface area contributed by atoms with Crippen molar-refractivity contribution in [3.63, 3.8) is 0 Å². The molecule has 0 rings (SSSR count). The van der Waals surface area contributed by atoms with Gasteiger partial charge in [-0.25, -0.2) is 0 Å². The summed E-state index contributed by atoms with van der Waals surface area (Å²) in [4.78, 5) is 5.25. The molecule has 0 aliphatic rings. The second-order valence-corrected chi connectivity index (χ2v) is 7.40. The van der Waals surface area contributed by atoms with Gasteiger partial charge in [0.25, 0.3) is 0 Å². The maximum Gasteiger partial charge on any atom is 0.141 e.